The van der Waals surface area contributed by atoms with Gasteiger partial charge < -0.3 is 4.90 Å². The third-order valence-corrected chi connectivity index (χ3v) is 12.4. The molecule has 1 heteroatoms. The van der Waals surface area contributed by atoms with Crippen molar-refractivity contribution in [2.45, 2.75) is 10.8 Å². The van der Waals surface area contributed by atoms with Gasteiger partial charge in [-0.2, -0.15) is 0 Å². The molecule has 0 fully saturated rings. The topological polar surface area (TPSA) is 3.24 Å². The van der Waals surface area contributed by atoms with Gasteiger partial charge in [0.05, 0.1) is 10.8 Å². The van der Waals surface area contributed by atoms with Gasteiger partial charge in [0, 0.05) is 17.1 Å². The second kappa shape index (κ2) is 13.2. The minimum Gasteiger partial charge on any atom is -0.311 e. The SMILES string of the molecule is c1ccc(N(c2ccccc2)c2ccc(-c3ccc(C4(c5ccccc5)c5ccccc5C5(c6ccccc6)c6ccccc6-c6cccc4c65)cc3)cc2)cc1. The molecule has 0 bridgehead atoms. The quantitative estimate of drug-likeness (QED) is 0.158. The molecular weight excluding hydrogens is 687 g/mol. The van der Waals surface area contributed by atoms with Crippen LogP contribution in [0.15, 0.2) is 237 Å². The summed E-state index contributed by atoms with van der Waals surface area (Å²) < 4.78 is 0. The van der Waals surface area contributed by atoms with Crippen molar-refractivity contribution in [2.24, 2.45) is 0 Å². The fourth-order valence-corrected chi connectivity index (χ4v) is 10.2. The first kappa shape index (κ1) is 33.1. The summed E-state index contributed by atoms with van der Waals surface area (Å²) in [5.74, 6) is 0. The molecule has 2 unspecified atom stereocenters. The number of rotatable bonds is 7. The highest BCUT2D eigenvalue weighted by Crippen LogP contribution is 2.65. The van der Waals surface area contributed by atoms with Crippen molar-refractivity contribution in [3.63, 3.8) is 0 Å². The monoisotopic (exact) mass is 725 g/mol. The molecule has 0 spiro atoms. The summed E-state index contributed by atoms with van der Waals surface area (Å²) in [6, 6.07) is 87.3. The van der Waals surface area contributed by atoms with Gasteiger partial charge in [-0.15, -0.1) is 0 Å². The fraction of sp³-hybridized carbons (Fsp3) is 0.0357. The molecule has 1 nitrogen and oxygen atoms in total. The van der Waals surface area contributed by atoms with Gasteiger partial charge in [-0.05, 0) is 103 Å². The lowest BCUT2D eigenvalue weighted by molar-refractivity contribution is 0.627. The smallest absolute Gasteiger partial charge is 0.0720 e. The fourth-order valence-electron chi connectivity index (χ4n) is 10.2. The van der Waals surface area contributed by atoms with Crippen molar-refractivity contribution < 1.29 is 0 Å². The predicted octanol–water partition coefficient (Wildman–Crippen LogP) is 13.9. The van der Waals surface area contributed by atoms with Gasteiger partial charge in [-0.25, -0.2) is 0 Å². The molecule has 0 heterocycles. The molecule has 11 rings (SSSR count). The van der Waals surface area contributed by atoms with Crippen LogP contribution in [0.1, 0.15) is 44.5 Å². The highest BCUT2D eigenvalue weighted by Gasteiger charge is 2.57. The molecule has 0 saturated carbocycles. The lowest BCUT2D eigenvalue weighted by Crippen LogP contribution is -2.44. The van der Waals surface area contributed by atoms with Gasteiger partial charge in [0.1, 0.15) is 0 Å². The van der Waals surface area contributed by atoms with E-state index in [1.807, 2.05) is 0 Å². The van der Waals surface area contributed by atoms with Gasteiger partial charge in [0.2, 0.25) is 0 Å². The maximum Gasteiger partial charge on any atom is 0.0720 e. The molecule has 268 valence electrons. The van der Waals surface area contributed by atoms with Gasteiger partial charge in [0.15, 0.2) is 0 Å². The maximum atomic E-state index is 2.41. The van der Waals surface area contributed by atoms with Crippen LogP contribution in [-0.4, -0.2) is 0 Å². The molecule has 9 aromatic carbocycles. The van der Waals surface area contributed by atoms with Crippen LogP contribution in [-0.2, 0) is 10.8 Å². The Balaban J connectivity index is 1.10. The minimum absolute atomic E-state index is 0.451. The first-order valence-corrected chi connectivity index (χ1v) is 19.9. The number of hydrogen-bond donors (Lipinski definition) is 0. The average molecular weight is 726 g/mol. The normalized spacial score (nSPS) is 17.3. The molecule has 0 aliphatic heterocycles. The van der Waals surface area contributed by atoms with Crippen molar-refractivity contribution in [3.05, 3.63) is 281 Å². The summed E-state index contributed by atoms with van der Waals surface area (Å²) in [6.07, 6.45) is 0. The van der Waals surface area contributed by atoms with E-state index in [2.05, 4.69) is 241 Å². The molecular formula is C56H39N. The van der Waals surface area contributed by atoms with E-state index in [1.165, 1.54) is 66.8 Å². The van der Waals surface area contributed by atoms with Gasteiger partial charge in [0.25, 0.3) is 0 Å². The number of anilines is 3. The summed E-state index contributed by atoms with van der Waals surface area (Å²) in [7, 11) is 0. The first-order chi connectivity index (χ1) is 28.3. The molecule has 2 aliphatic rings. The van der Waals surface area contributed by atoms with E-state index in [0.29, 0.717) is 0 Å². The van der Waals surface area contributed by atoms with Crippen LogP contribution in [0.5, 0.6) is 0 Å². The third-order valence-electron chi connectivity index (χ3n) is 12.4. The Kier molecular flexibility index (Phi) is 7.69. The van der Waals surface area contributed by atoms with Gasteiger partial charge in [-0.3, -0.25) is 0 Å². The summed E-state index contributed by atoms with van der Waals surface area (Å²) in [6.45, 7) is 0. The number of para-hydroxylation sites is 2. The second-order valence-corrected chi connectivity index (χ2v) is 15.2. The summed E-state index contributed by atoms with van der Waals surface area (Å²) in [4.78, 5) is 2.31. The van der Waals surface area contributed by atoms with E-state index < -0.39 is 10.8 Å². The molecule has 0 radical (unpaired) electrons. The van der Waals surface area contributed by atoms with E-state index in [-0.39, 0.29) is 0 Å². The van der Waals surface area contributed by atoms with Crippen LogP contribution in [0.3, 0.4) is 0 Å². The van der Waals surface area contributed by atoms with Crippen molar-refractivity contribution >= 4 is 17.1 Å². The lowest BCUT2D eigenvalue weighted by atomic mass is 9.51. The average Bonchev–Trinajstić information content (AvgIpc) is 3.61. The Morgan fingerprint density at radius 2 is 0.632 bits per heavy atom. The molecule has 2 aliphatic carbocycles. The number of benzene rings is 9. The van der Waals surface area contributed by atoms with E-state index in [4.69, 9.17) is 0 Å². The molecule has 0 N–H and O–H groups in total. The summed E-state index contributed by atoms with van der Waals surface area (Å²) >= 11 is 0. The molecule has 0 amide bonds. The Bertz CT molecular complexity index is 2830. The zero-order valence-electron chi connectivity index (χ0n) is 31.5. The Hall–Kier alpha value is -7.22. The van der Waals surface area contributed by atoms with Crippen molar-refractivity contribution in [1.29, 1.82) is 0 Å². The van der Waals surface area contributed by atoms with Crippen LogP contribution in [0, 0.1) is 0 Å². The first-order valence-electron chi connectivity index (χ1n) is 19.9. The summed E-state index contributed by atoms with van der Waals surface area (Å²) in [5.41, 5.74) is 17.9. The standard InChI is InChI=1S/C56H39N/c1-5-18-42(19-6-1)55(44-36-32-40(33-37-44)41-34-38-47(39-35-41)57(45-22-9-3-10-23-45)46-24-11-4-12-25-46)51-29-15-16-30-52(51)56(43-20-7-2-8-21-43)50-28-14-13-26-48(50)49-27-17-31-53(55)54(49)56/h1-39H. The maximum absolute atomic E-state index is 2.41. The van der Waals surface area contributed by atoms with Crippen LogP contribution in [0.2, 0.25) is 0 Å². The van der Waals surface area contributed by atoms with Crippen molar-refractivity contribution in [2.75, 3.05) is 4.90 Å². The molecule has 0 saturated heterocycles. The Labute approximate surface area is 334 Å². The number of fused-ring (bicyclic) bond motifs is 5. The zero-order valence-corrected chi connectivity index (χ0v) is 31.5. The van der Waals surface area contributed by atoms with Gasteiger partial charge >= 0.3 is 0 Å². The van der Waals surface area contributed by atoms with E-state index >= 15 is 0 Å². The van der Waals surface area contributed by atoms with E-state index in [0.717, 1.165) is 17.1 Å². The predicted molar refractivity (Wildman–Crippen MR) is 236 cm³/mol. The van der Waals surface area contributed by atoms with Crippen LogP contribution in [0.4, 0.5) is 17.1 Å². The molecule has 2 atom stereocenters. The molecule has 57 heavy (non-hydrogen) atoms. The second-order valence-electron chi connectivity index (χ2n) is 15.2. The van der Waals surface area contributed by atoms with E-state index in [9.17, 15) is 0 Å². The number of hydrogen-bond acceptors (Lipinski definition) is 1. The third kappa shape index (κ3) is 4.82. The Morgan fingerprint density at radius 1 is 0.246 bits per heavy atom. The molecule has 0 aromatic heterocycles. The minimum atomic E-state index is -0.558. The highest BCUT2D eigenvalue weighted by molar-refractivity contribution is 5.92. The largest absolute Gasteiger partial charge is 0.311 e. The van der Waals surface area contributed by atoms with Crippen molar-refractivity contribution in [1.82, 2.24) is 0 Å². The van der Waals surface area contributed by atoms with Crippen molar-refractivity contribution in [3.8, 4) is 22.3 Å². The van der Waals surface area contributed by atoms with Crippen LogP contribution >= 0.6 is 0 Å². The summed E-state index contributed by atoms with van der Waals surface area (Å²) in [5, 5.41) is 0. The molecule has 9 aromatic rings. The lowest BCUT2D eigenvalue weighted by Gasteiger charge is -2.49. The van der Waals surface area contributed by atoms with Gasteiger partial charge in [-0.1, -0.05) is 200 Å². The Morgan fingerprint density at radius 3 is 1.21 bits per heavy atom. The zero-order chi connectivity index (χ0) is 37.8. The van der Waals surface area contributed by atoms with Crippen LogP contribution in [0.25, 0.3) is 22.3 Å². The highest BCUT2D eigenvalue weighted by atomic mass is 15.1. The number of nitrogens with zero attached hydrogens (tertiary/aromatic N) is 1. The van der Waals surface area contributed by atoms with E-state index in [1.54, 1.807) is 0 Å². The van der Waals surface area contributed by atoms with Crippen LogP contribution < -0.4 is 4.90 Å².